The summed E-state index contributed by atoms with van der Waals surface area (Å²) in [5.41, 5.74) is 11.5. The molecule has 4 heterocycles. The summed E-state index contributed by atoms with van der Waals surface area (Å²) < 4.78 is 0. The van der Waals surface area contributed by atoms with Crippen molar-refractivity contribution in [2.24, 2.45) is 4.99 Å². The van der Waals surface area contributed by atoms with Gasteiger partial charge in [0.05, 0.1) is 39.9 Å². The minimum atomic E-state index is 0.643. The Balaban J connectivity index is 1.74. The number of aromatic amines is 3. The van der Waals surface area contributed by atoms with Crippen LogP contribution in [0.25, 0.3) is 17.5 Å². The molecule has 3 aromatic heterocycles. The van der Waals surface area contributed by atoms with Gasteiger partial charge in [0.15, 0.2) is 12.6 Å². The minimum absolute atomic E-state index is 0.643. The van der Waals surface area contributed by atoms with Crippen molar-refractivity contribution in [1.29, 1.82) is 0 Å². The molecule has 0 fully saturated rings. The van der Waals surface area contributed by atoms with Gasteiger partial charge in [-0.3, -0.25) is 9.59 Å². The monoisotopic (exact) mass is 498 g/mol. The molecule has 1 aliphatic rings. The Morgan fingerprint density at radius 3 is 1.62 bits per heavy atom. The van der Waals surface area contributed by atoms with Crippen LogP contribution in [0.1, 0.15) is 109 Å². The number of H-pyrrole nitrogens is 3. The molecule has 3 aromatic rings. The van der Waals surface area contributed by atoms with Gasteiger partial charge in [0.1, 0.15) is 0 Å². The SMILES string of the molecule is CCCC1=CC(c2cc(CCC)c(C=O)[nH]2)=N/C1=C/c1[nH]c(-c2cc(CCC)c(C=O)[nH]2)cc1CCC. The Morgan fingerprint density at radius 2 is 1.11 bits per heavy atom. The topological polar surface area (TPSA) is 93.9 Å². The summed E-state index contributed by atoms with van der Waals surface area (Å²) in [6, 6.07) is 6.34. The number of rotatable bonds is 13. The van der Waals surface area contributed by atoms with Gasteiger partial charge in [-0.25, -0.2) is 4.99 Å². The highest BCUT2D eigenvalue weighted by Crippen LogP contribution is 2.31. The summed E-state index contributed by atoms with van der Waals surface area (Å²) >= 11 is 0. The number of carbonyl (C=O) groups is 2. The number of aldehydes is 2. The largest absolute Gasteiger partial charge is 0.354 e. The number of nitrogens with zero attached hydrogens (tertiary/aromatic N) is 1. The summed E-state index contributed by atoms with van der Waals surface area (Å²) in [6.45, 7) is 8.59. The maximum absolute atomic E-state index is 11.6. The van der Waals surface area contributed by atoms with E-state index in [1.165, 1.54) is 11.1 Å². The number of aromatic nitrogens is 3. The van der Waals surface area contributed by atoms with Crippen molar-refractivity contribution in [3.05, 3.63) is 75.0 Å². The minimum Gasteiger partial charge on any atom is -0.354 e. The molecule has 3 N–H and O–H groups in total. The maximum atomic E-state index is 11.6. The number of hydrogen-bond donors (Lipinski definition) is 3. The van der Waals surface area contributed by atoms with E-state index in [4.69, 9.17) is 4.99 Å². The lowest BCUT2D eigenvalue weighted by Crippen LogP contribution is -1.94. The molecule has 0 unspecified atom stereocenters. The molecular formula is C31H38N4O2. The molecule has 6 heteroatoms. The van der Waals surface area contributed by atoms with Gasteiger partial charge in [-0.1, -0.05) is 53.4 Å². The average Bonchev–Trinajstić information content (AvgIpc) is 3.66. The van der Waals surface area contributed by atoms with E-state index in [1.54, 1.807) is 0 Å². The lowest BCUT2D eigenvalue weighted by molar-refractivity contribution is 0.111. The fraction of sp³-hybridized carbons (Fsp3) is 0.387. The molecule has 0 bridgehead atoms. The van der Waals surface area contributed by atoms with Crippen LogP contribution in [0.2, 0.25) is 0 Å². The van der Waals surface area contributed by atoms with Crippen molar-refractivity contribution in [1.82, 2.24) is 15.0 Å². The van der Waals surface area contributed by atoms with Gasteiger partial charge in [-0.2, -0.15) is 0 Å². The normalized spacial score (nSPS) is 14.3. The van der Waals surface area contributed by atoms with Crippen molar-refractivity contribution in [3.8, 4) is 11.4 Å². The van der Waals surface area contributed by atoms with Gasteiger partial charge >= 0.3 is 0 Å². The third-order valence-corrected chi connectivity index (χ3v) is 6.84. The first kappa shape index (κ1) is 26.4. The first-order valence-corrected chi connectivity index (χ1v) is 13.6. The van der Waals surface area contributed by atoms with Crippen molar-refractivity contribution >= 4 is 24.4 Å². The van der Waals surface area contributed by atoms with Crippen LogP contribution < -0.4 is 0 Å². The molecule has 0 amide bonds. The highest BCUT2D eigenvalue weighted by atomic mass is 16.1. The Labute approximate surface area is 219 Å². The smallest absolute Gasteiger partial charge is 0.166 e. The molecule has 0 radical (unpaired) electrons. The van der Waals surface area contributed by atoms with Crippen LogP contribution in [0.15, 0.2) is 40.5 Å². The van der Waals surface area contributed by atoms with Gasteiger partial charge < -0.3 is 15.0 Å². The Bertz CT molecular complexity index is 1360. The maximum Gasteiger partial charge on any atom is 0.166 e. The van der Waals surface area contributed by atoms with Crippen LogP contribution in [-0.2, 0) is 19.3 Å². The van der Waals surface area contributed by atoms with Crippen LogP contribution >= 0.6 is 0 Å². The van der Waals surface area contributed by atoms with E-state index in [0.717, 1.165) is 109 Å². The van der Waals surface area contributed by atoms with E-state index in [2.05, 4.69) is 73.0 Å². The molecule has 4 rings (SSSR count). The Morgan fingerprint density at radius 1 is 0.649 bits per heavy atom. The molecule has 0 saturated carbocycles. The number of aliphatic imine (C=N–C) groups is 1. The number of allylic oxidation sites excluding steroid dienone is 2. The highest BCUT2D eigenvalue weighted by Gasteiger charge is 2.20. The third kappa shape index (κ3) is 5.68. The van der Waals surface area contributed by atoms with E-state index < -0.39 is 0 Å². The first-order valence-electron chi connectivity index (χ1n) is 13.6. The molecular weight excluding hydrogens is 460 g/mol. The van der Waals surface area contributed by atoms with Crippen molar-refractivity contribution in [2.45, 2.75) is 79.1 Å². The summed E-state index contributed by atoms with van der Waals surface area (Å²) in [6.07, 6.45) is 13.7. The summed E-state index contributed by atoms with van der Waals surface area (Å²) in [5, 5.41) is 0. The lowest BCUT2D eigenvalue weighted by Gasteiger charge is -2.03. The Hall–Kier alpha value is -3.67. The van der Waals surface area contributed by atoms with E-state index in [0.29, 0.717) is 11.4 Å². The summed E-state index contributed by atoms with van der Waals surface area (Å²) in [4.78, 5) is 38.3. The number of nitrogens with one attached hydrogen (secondary N) is 3. The summed E-state index contributed by atoms with van der Waals surface area (Å²) in [7, 11) is 0. The zero-order valence-corrected chi connectivity index (χ0v) is 22.5. The molecule has 194 valence electrons. The number of hydrogen-bond acceptors (Lipinski definition) is 3. The third-order valence-electron chi connectivity index (χ3n) is 6.84. The molecule has 0 spiro atoms. The van der Waals surface area contributed by atoms with Gasteiger partial charge in [-0.15, -0.1) is 0 Å². The number of carbonyl (C=O) groups excluding carboxylic acids is 2. The van der Waals surface area contributed by atoms with Gasteiger partial charge in [0, 0.05) is 5.69 Å². The van der Waals surface area contributed by atoms with Crippen molar-refractivity contribution < 1.29 is 9.59 Å². The molecule has 0 aliphatic carbocycles. The van der Waals surface area contributed by atoms with Crippen LogP contribution in [0.5, 0.6) is 0 Å². The lowest BCUT2D eigenvalue weighted by atomic mass is 10.0. The van der Waals surface area contributed by atoms with Crippen molar-refractivity contribution in [2.75, 3.05) is 0 Å². The molecule has 0 aromatic carbocycles. The van der Waals surface area contributed by atoms with Crippen LogP contribution in [0, 0.1) is 0 Å². The van der Waals surface area contributed by atoms with Crippen LogP contribution in [0.4, 0.5) is 0 Å². The molecule has 37 heavy (non-hydrogen) atoms. The average molecular weight is 499 g/mol. The predicted octanol–water partition coefficient (Wildman–Crippen LogP) is 7.39. The van der Waals surface area contributed by atoms with Gasteiger partial charge in [-0.05, 0) is 78.3 Å². The fourth-order valence-corrected chi connectivity index (χ4v) is 5.08. The molecule has 6 nitrogen and oxygen atoms in total. The van der Waals surface area contributed by atoms with E-state index in [1.807, 2.05) is 0 Å². The van der Waals surface area contributed by atoms with Gasteiger partial charge in [0.25, 0.3) is 0 Å². The van der Waals surface area contributed by atoms with E-state index in [9.17, 15) is 9.59 Å². The second-order valence-corrected chi connectivity index (χ2v) is 9.80. The predicted molar refractivity (Wildman–Crippen MR) is 152 cm³/mol. The highest BCUT2D eigenvalue weighted by molar-refractivity contribution is 6.12. The number of aryl methyl sites for hydroxylation is 3. The van der Waals surface area contributed by atoms with Crippen LogP contribution in [-0.4, -0.2) is 33.2 Å². The van der Waals surface area contributed by atoms with E-state index >= 15 is 0 Å². The standard InChI is InChI=1S/C31H38N4O2/c1-5-9-20-13-26(28-15-22(11-7-3)30(18-36)34-28)32-24(20)17-25-21(10-6-2)14-27(33-25)29-16-23(12-8-4)31(19-37)35-29/h13-19,32,34-35H,5-12H2,1-4H3/b25-17+. The first-order chi connectivity index (χ1) is 18.0. The zero-order valence-electron chi connectivity index (χ0n) is 22.5. The quantitative estimate of drug-likeness (QED) is 0.214. The van der Waals surface area contributed by atoms with Crippen LogP contribution in [0.3, 0.4) is 0 Å². The second-order valence-electron chi connectivity index (χ2n) is 9.80. The zero-order chi connectivity index (χ0) is 26.4. The molecule has 0 atom stereocenters. The van der Waals surface area contributed by atoms with E-state index in [-0.39, 0.29) is 0 Å². The molecule has 0 saturated heterocycles. The second kappa shape index (κ2) is 12.0. The van der Waals surface area contributed by atoms with Crippen molar-refractivity contribution in [3.63, 3.8) is 0 Å². The summed E-state index contributed by atoms with van der Waals surface area (Å²) in [5.74, 6) is 0. The Kier molecular flexibility index (Phi) is 8.59. The van der Waals surface area contributed by atoms with Gasteiger partial charge in [0.2, 0.25) is 0 Å². The molecule has 1 aliphatic heterocycles. The fourth-order valence-electron chi connectivity index (χ4n) is 5.08.